The van der Waals surface area contributed by atoms with E-state index in [0.717, 1.165) is 82.7 Å². The van der Waals surface area contributed by atoms with Gasteiger partial charge in [-0.05, 0) is 107 Å². The molecule has 1 N–H and O–H groups in total. The molecule has 3 aromatic heterocycles. The molecule has 240 valence electrons. The first-order valence-corrected chi connectivity index (χ1v) is 15.9. The van der Waals surface area contributed by atoms with E-state index >= 15 is 0 Å². The molecule has 0 amide bonds. The molecular formula is C36H37N7O4. The van der Waals surface area contributed by atoms with Crippen LogP contribution in [0.1, 0.15) is 91.1 Å². The molecule has 5 heterocycles. The van der Waals surface area contributed by atoms with Crippen LogP contribution < -0.4 is 0 Å². The monoisotopic (exact) mass is 631 g/mol. The van der Waals surface area contributed by atoms with Crippen LogP contribution in [0.2, 0.25) is 0 Å². The normalized spacial score (nSPS) is 17.7. The van der Waals surface area contributed by atoms with E-state index in [-0.39, 0.29) is 24.0 Å². The first-order valence-electron chi connectivity index (χ1n) is 15.9. The minimum Gasteiger partial charge on any atom is -0.356 e. The molecule has 2 unspecified atom stereocenters. The highest BCUT2D eigenvalue weighted by Gasteiger charge is 2.19. The molecule has 0 radical (unpaired) electrons. The molecule has 0 saturated carbocycles. The fourth-order valence-electron chi connectivity index (χ4n) is 5.85. The molecule has 11 nitrogen and oxygen atoms in total. The fourth-order valence-corrected chi connectivity index (χ4v) is 5.85. The van der Waals surface area contributed by atoms with Crippen molar-refractivity contribution < 1.29 is 19.1 Å². The molecule has 0 spiro atoms. The number of nitrogens with one attached hydrogen (secondary N) is 1. The molecule has 47 heavy (non-hydrogen) atoms. The second-order valence-electron chi connectivity index (χ2n) is 11.8. The lowest BCUT2D eigenvalue weighted by atomic mass is 10.1. The van der Waals surface area contributed by atoms with Gasteiger partial charge in [-0.2, -0.15) is 20.6 Å². The van der Waals surface area contributed by atoms with Crippen LogP contribution in [-0.2, 0) is 9.47 Å². The summed E-state index contributed by atoms with van der Waals surface area (Å²) in [6.45, 7) is 4.75. The van der Waals surface area contributed by atoms with E-state index in [1.54, 1.807) is 38.5 Å². The molecule has 2 aliphatic heterocycles. The SMILES string of the molecule is CC(=O)c1ccc2[nH]ncc2c1.CC(=O)c1ccc2c(cnn2C2CCCCO2)c1.N#Cc1ccc2c(cnn2C2CCCCO2)c1. The first-order chi connectivity index (χ1) is 22.9. The quantitative estimate of drug-likeness (QED) is 0.200. The molecule has 11 heteroatoms. The van der Waals surface area contributed by atoms with Crippen LogP contribution in [0.5, 0.6) is 0 Å². The summed E-state index contributed by atoms with van der Waals surface area (Å²) in [7, 11) is 0. The predicted octanol–water partition coefficient (Wildman–Crippen LogP) is 7.31. The van der Waals surface area contributed by atoms with Crippen LogP contribution in [0.4, 0.5) is 0 Å². The number of hydrogen-bond donors (Lipinski definition) is 1. The summed E-state index contributed by atoms with van der Waals surface area (Å²) < 4.78 is 15.3. The summed E-state index contributed by atoms with van der Waals surface area (Å²) in [5.41, 5.74) is 5.15. The third kappa shape index (κ3) is 7.30. The van der Waals surface area contributed by atoms with Gasteiger partial charge in [-0.15, -0.1) is 0 Å². The smallest absolute Gasteiger partial charge is 0.159 e. The van der Waals surface area contributed by atoms with Gasteiger partial charge in [0.15, 0.2) is 24.0 Å². The second kappa shape index (κ2) is 14.5. The van der Waals surface area contributed by atoms with E-state index in [4.69, 9.17) is 14.7 Å². The number of aromatic amines is 1. The molecule has 3 aromatic carbocycles. The zero-order valence-corrected chi connectivity index (χ0v) is 26.6. The number of ketones is 2. The molecule has 2 fully saturated rings. The van der Waals surface area contributed by atoms with Crippen molar-refractivity contribution in [1.82, 2.24) is 29.8 Å². The summed E-state index contributed by atoms with van der Waals surface area (Å²) in [6, 6.07) is 19.0. The van der Waals surface area contributed by atoms with Gasteiger partial charge in [-0.1, -0.05) is 0 Å². The van der Waals surface area contributed by atoms with Gasteiger partial charge < -0.3 is 9.47 Å². The van der Waals surface area contributed by atoms with Gasteiger partial charge in [-0.25, -0.2) is 9.36 Å². The molecule has 2 saturated heterocycles. The lowest BCUT2D eigenvalue weighted by Gasteiger charge is -2.23. The van der Waals surface area contributed by atoms with Gasteiger partial charge >= 0.3 is 0 Å². The number of carbonyl (C=O) groups excluding carboxylic acids is 2. The van der Waals surface area contributed by atoms with Crippen molar-refractivity contribution in [1.29, 1.82) is 5.26 Å². The van der Waals surface area contributed by atoms with Crippen molar-refractivity contribution in [2.45, 2.75) is 64.8 Å². The third-order valence-electron chi connectivity index (χ3n) is 8.43. The van der Waals surface area contributed by atoms with E-state index in [1.807, 2.05) is 57.9 Å². The van der Waals surface area contributed by atoms with Crippen LogP contribution in [0.3, 0.4) is 0 Å². The second-order valence-corrected chi connectivity index (χ2v) is 11.8. The van der Waals surface area contributed by atoms with Crippen LogP contribution in [0.15, 0.2) is 73.2 Å². The maximum absolute atomic E-state index is 11.3. The molecule has 0 aliphatic carbocycles. The zero-order valence-electron chi connectivity index (χ0n) is 26.6. The summed E-state index contributed by atoms with van der Waals surface area (Å²) in [4.78, 5) is 22.3. The van der Waals surface area contributed by atoms with Gasteiger partial charge in [0.25, 0.3) is 0 Å². The van der Waals surface area contributed by atoms with Crippen molar-refractivity contribution in [3.63, 3.8) is 0 Å². The molecular weight excluding hydrogens is 594 g/mol. The van der Waals surface area contributed by atoms with Crippen LogP contribution in [-0.4, -0.2) is 54.5 Å². The number of hydrogen-bond acceptors (Lipinski definition) is 8. The minimum absolute atomic E-state index is 0.0411. The molecule has 2 atom stereocenters. The highest BCUT2D eigenvalue weighted by molar-refractivity contribution is 5.98. The number of Topliss-reactive ketones (excluding diaryl/α,β-unsaturated/α-hetero) is 2. The Hall–Kier alpha value is -5.18. The van der Waals surface area contributed by atoms with Crippen molar-refractivity contribution in [2.75, 3.05) is 13.2 Å². The number of aromatic nitrogens is 6. The Bertz CT molecular complexity index is 2060. The van der Waals surface area contributed by atoms with Crippen molar-refractivity contribution in [3.05, 3.63) is 89.9 Å². The minimum atomic E-state index is 0.0411. The number of ether oxygens (including phenoxy) is 2. The van der Waals surface area contributed by atoms with Gasteiger partial charge in [0, 0.05) is 40.5 Å². The Morgan fingerprint density at radius 3 is 1.85 bits per heavy atom. The number of fused-ring (bicyclic) bond motifs is 3. The summed E-state index contributed by atoms with van der Waals surface area (Å²) in [6.07, 6.45) is 12.0. The Labute approximate surface area is 272 Å². The number of carbonyl (C=O) groups is 2. The zero-order chi connectivity index (χ0) is 32.8. The van der Waals surface area contributed by atoms with E-state index in [1.165, 1.54) is 12.8 Å². The van der Waals surface area contributed by atoms with E-state index in [0.29, 0.717) is 5.56 Å². The van der Waals surface area contributed by atoms with Crippen LogP contribution >= 0.6 is 0 Å². The number of nitriles is 1. The Kier molecular flexibility index (Phi) is 9.80. The van der Waals surface area contributed by atoms with Crippen LogP contribution in [0, 0.1) is 11.3 Å². The summed E-state index contributed by atoms with van der Waals surface area (Å²) in [5, 5.41) is 27.3. The number of benzene rings is 3. The van der Waals surface area contributed by atoms with E-state index in [9.17, 15) is 9.59 Å². The predicted molar refractivity (Wildman–Crippen MR) is 178 cm³/mol. The van der Waals surface area contributed by atoms with E-state index in [2.05, 4.69) is 26.5 Å². The van der Waals surface area contributed by atoms with E-state index < -0.39 is 0 Å². The Morgan fingerprint density at radius 1 is 0.745 bits per heavy atom. The standard InChI is InChI=1S/C14H16N2O2.C13H13N3O.C9H8N2O/c1-10(17)11-5-6-13-12(8-11)9-15-16(13)14-4-2-3-7-18-14;14-8-10-4-5-12-11(7-10)9-15-16(12)13-3-1-2-6-17-13;1-6(12)7-2-3-9-8(4-7)5-10-11-9/h5-6,8-9,14H,2-4,7H2,1H3;4-5,7,9,13H,1-3,6H2;2-5H,1H3,(H,10,11). The first kappa shape index (κ1) is 31.8. The van der Waals surface area contributed by atoms with Crippen molar-refractivity contribution >= 4 is 44.3 Å². The number of rotatable bonds is 4. The highest BCUT2D eigenvalue weighted by atomic mass is 16.5. The van der Waals surface area contributed by atoms with Gasteiger partial charge in [0.05, 0.1) is 46.8 Å². The molecule has 2 aliphatic rings. The van der Waals surface area contributed by atoms with Crippen molar-refractivity contribution in [2.24, 2.45) is 0 Å². The topological polar surface area (TPSA) is 141 Å². The number of nitrogens with zero attached hydrogens (tertiary/aromatic N) is 6. The fraction of sp³-hybridized carbons (Fsp3) is 0.333. The lowest BCUT2D eigenvalue weighted by molar-refractivity contribution is -0.0367. The Balaban J connectivity index is 0.000000126. The maximum Gasteiger partial charge on any atom is 0.159 e. The average molecular weight is 632 g/mol. The highest BCUT2D eigenvalue weighted by Crippen LogP contribution is 2.28. The van der Waals surface area contributed by atoms with Gasteiger partial charge in [0.1, 0.15) is 0 Å². The van der Waals surface area contributed by atoms with Crippen LogP contribution in [0.25, 0.3) is 32.7 Å². The summed E-state index contributed by atoms with van der Waals surface area (Å²) >= 11 is 0. The molecule has 0 bridgehead atoms. The molecule has 8 rings (SSSR count). The van der Waals surface area contributed by atoms with Crippen molar-refractivity contribution in [3.8, 4) is 6.07 Å². The summed E-state index contributed by atoms with van der Waals surface area (Å²) in [5.74, 6) is 0.164. The van der Waals surface area contributed by atoms with Gasteiger partial charge in [-0.3, -0.25) is 14.7 Å². The maximum atomic E-state index is 11.3. The number of H-pyrrole nitrogens is 1. The average Bonchev–Trinajstić information content (AvgIpc) is 3.87. The third-order valence-corrected chi connectivity index (χ3v) is 8.43. The Morgan fingerprint density at radius 2 is 1.30 bits per heavy atom. The largest absolute Gasteiger partial charge is 0.356 e. The lowest BCUT2D eigenvalue weighted by Crippen LogP contribution is -2.18. The molecule has 6 aromatic rings. The van der Waals surface area contributed by atoms with Gasteiger partial charge in [0.2, 0.25) is 0 Å².